The molecule has 2 heterocycles. The van der Waals surface area contributed by atoms with Crippen molar-refractivity contribution < 1.29 is 4.79 Å². The second-order valence-corrected chi connectivity index (χ2v) is 8.46. The first-order chi connectivity index (χ1) is 16.4. The van der Waals surface area contributed by atoms with Crippen molar-refractivity contribution in [3.05, 3.63) is 116 Å². The number of pyridine rings is 2. The Morgan fingerprint density at radius 1 is 0.853 bits per heavy atom. The number of fused-ring (bicyclic) bond motifs is 2. The Bertz CT molecular complexity index is 1690. The van der Waals surface area contributed by atoms with E-state index in [9.17, 15) is 14.4 Å². The lowest BCUT2D eigenvalue weighted by Gasteiger charge is -2.13. The third kappa shape index (κ3) is 3.90. The Morgan fingerprint density at radius 2 is 1.65 bits per heavy atom. The molecule has 0 unspecified atom stereocenters. The summed E-state index contributed by atoms with van der Waals surface area (Å²) in [5.74, 6) is -0.321. The summed E-state index contributed by atoms with van der Waals surface area (Å²) in [6, 6.07) is 22.7. The van der Waals surface area contributed by atoms with E-state index in [1.54, 1.807) is 6.07 Å². The molecular formula is C28H23N3O3. The molecule has 3 aromatic carbocycles. The first-order valence-corrected chi connectivity index (χ1v) is 11.0. The third-order valence-electron chi connectivity index (χ3n) is 6.10. The number of aromatic nitrogens is 2. The number of nitrogens with one attached hydrogen (secondary N) is 3. The molecule has 5 aromatic rings. The number of amides is 1. The molecule has 3 N–H and O–H groups in total. The minimum absolute atomic E-state index is 0.101. The van der Waals surface area contributed by atoms with Gasteiger partial charge in [-0.05, 0) is 65.6 Å². The zero-order valence-electron chi connectivity index (χ0n) is 18.9. The maximum atomic E-state index is 13.3. The maximum absolute atomic E-state index is 13.3. The molecule has 6 heteroatoms. The van der Waals surface area contributed by atoms with Gasteiger partial charge in [0.15, 0.2) is 0 Å². The van der Waals surface area contributed by atoms with Crippen molar-refractivity contribution >= 4 is 27.6 Å². The lowest BCUT2D eigenvalue weighted by atomic mass is 9.95. The number of benzene rings is 3. The van der Waals surface area contributed by atoms with E-state index in [0.29, 0.717) is 22.0 Å². The predicted octanol–water partition coefficient (Wildman–Crippen LogP) is 4.58. The molecule has 5 rings (SSSR count). The van der Waals surface area contributed by atoms with Crippen LogP contribution in [0.3, 0.4) is 0 Å². The Balaban J connectivity index is 1.61. The minimum atomic E-state index is -0.321. The summed E-state index contributed by atoms with van der Waals surface area (Å²) in [7, 11) is 0. The van der Waals surface area contributed by atoms with E-state index >= 15 is 0 Å². The van der Waals surface area contributed by atoms with Gasteiger partial charge in [-0.2, -0.15) is 0 Å². The van der Waals surface area contributed by atoms with Crippen molar-refractivity contribution in [1.82, 2.24) is 15.3 Å². The fourth-order valence-corrected chi connectivity index (χ4v) is 4.46. The Hall–Kier alpha value is -4.45. The van der Waals surface area contributed by atoms with E-state index in [4.69, 9.17) is 0 Å². The lowest BCUT2D eigenvalue weighted by molar-refractivity contribution is 0.0952. The highest BCUT2D eigenvalue weighted by molar-refractivity contribution is 6.09. The van der Waals surface area contributed by atoms with Crippen LogP contribution in [0, 0.1) is 13.8 Å². The van der Waals surface area contributed by atoms with Gasteiger partial charge in [-0.15, -0.1) is 0 Å². The van der Waals surface area contributed by atoms with Crippen molar-refractivity contribution in [2.24, 2.45) is 0 Å². The molecule has 1 amide bonds. The summed E-state index contributed by atoms with van der Waals surface area (Å²) < 4.78 is 0. The average molecular weight is 450 g/mol. The quantitative estimate of drug-likeness (QED) is 0.375. The Kier molecular flexibility index (Phi) is 5.34. The maximum Gasteiger partial charge on any atom is 0.253 e. The second kappa shape index (κ2) is 8.48. The average Bonchev–Trinajstić information content (AvgIpc) is 2.82. The molecule has 0 saturated carbocycles. The van der Waals surface area contributed by atoms with Gasteiger partial charge in [0.1, 0.15) is 0 Å². The molecule has 34 heavy (non-hydrogen) atoms. The second-order valence-electron chi connectivity index (χ2n) is 8.46. The number of aryl methyl sites for hydroxylation is 2. The fraction of sp³-hybridized carbons (Fsp3) is 0.107. The number of H-pyrrole nitrogens is 2. The van der Waals surface area contributed by atoms with Gasteiger partial charge >= 0.3 is 0 Å². The molecule has 0 fully saturated rings. The molecule has 0 bridgehead atoms. The summed E-state index contributed by atoms with van der Waals surface area (Å²) in [4.78, 5) is 43.4. The summed E-state index contributed by atoms with van der Waals surface area (Å²) in [5.41, 5.74) is 4.44. The van der Waals surface area contributed by atoms with Gasteiger partial charge in [-0.3, -0.25) is 14.4 Å². The van der Waals surface area contributed by atoms with E-state index in [0.717, 1.165) is 33.2 Å². The van der Waals surface area contributed by atoms with E-state index in [1.165, 1.54) is 6.07 Å². The lowest BCUT2D eigenvalue weighted by Crippen LogP contribution is -2.28. The molecule has 0 radical (unpaired) electrons. The van der Waals surface area contributed by atoms with Gasteiger partial charge in [-0.1, -0.05) is 42.5 Å². The van der Waals surface area contributed by atoms with Crippen molar-refractivity contribution in [1.29, 1.82) is 0 Å². The SMILES string of the molecule is Cc1cc(C)c(CNC(=O)c2cc(-c3cccc4ccccc34)cc3[nH]c(=O)ccc23)c(=O)[nH]1. The number of rotatable bonds is 4. The van der Waals surface area contributed by atoms with Gasteiger partial charge in [0.05, 0.1) is 0 Å². The normalized spacial score (nSPS) is 11.1. The molecular weight excluding hydrogens is 426 g/mol. The van der Waals surface area contributed by atoms with Gasteiger partial charge < -0.3 is 15.3 Å². The minimum Gasteiger partial charge on any atom is -0.348 e. The van der Waals surface area contributed by atoms with E-state index in [1.807, 2.05) is 74.5 Å². The molecule has 2 aromatic heterocycles. The van der Waals surface area contributed by atoms with Crippen LogP contribution in [0.25, 0.3) is 32.8 Å². The Labute approximate surface area is 195 Å². The van der Waals surface area contributed by atoms with Crippen LogP contribution in [0.15, 0.2) is 82.4 Å². The first kappa shape index (κ1) is 21.4. The molecule has 0 spiro atoms. The van der Waals surface area contributed by atoms with Crippen molar-refractivity contribution in [2.75, 3.05) is 0 Å². The standard InChI is InChI=1S/C28H23N3O3/c1-16-12-17(2)30-28(34)24(16)15-29-27(33)23-13-19(14-25-22(23)10-11-26(32)31-25)21-9-5-7-18-6-3-4-8-20(18)21/h3-14H,15H2,1-2H3,(H,29,33)(H,30,34)(H,31,32). The van der Waals surface area contributed by atoms with E-state index in [2.05, 4.69) is 15.3 Å². The molecule has 0 atom stereocenters. The molecule has 6 nitrogen and oxygen atoms in total. The summed E-state index contributed by atoms with van der Waals surface area (Å²) in [5, 5.41) is 5.66. The fourth-order valence-electron chi connectivity index (χ4n) is 4.46. The van der Waals surface area contributed by atoms with Crippen LogP contribution in [-0.2, 0) is 6.54 Å². The number of hydrogen-bond donors (Lipinski definition) is 3. The number of carbonyl (C=O) groups excluding carboxylic acids is 1. The van der Waals surface area contributed by atoms with Crippen LogP contribution in [0.4, 0.5) is 0 Å². The third-order valence-corrected chi connectivity index (χ3v) is 6.10. The topological polar surface area (TPSA) is 94.8 Å². The number of aromatic amines is 2. The highest BCUT2D eigenvalue weighted by atomic mass is 16.2. The monoisotopic (exact) mass is 449 g/mol. The predicted molar refractivity (Wildman–Crippen MR) is 135 cm³/mol. The van der Waals surface area contributed by atoms with Gasteiger partial charge in [0.25, 0.3) is 11.5 Å². The van der Waals surface area contributed by atoms with Gasteiger partial charge in [0.2, 0.25) is 5.56 Å². The summed E-state index contributed by atoms with van der Waals surface area (Å²) >= 11 is 0. The van der Waals surface area contributed by atoms with Crippen LogP contribution in [-0.4, -0.2) is 15.9 Å². The largest absolute Gasteiger partial charge is 0.348 e. The van der Waals surface area contributed by atoms with Crippen molar-refractivity contribution in [2.45, 2.75) is 20.4 Å². The summed E-state index contributed by atoms with van der Waals surface area (Å²) in [6.07, 6.45) is 0. The van der Waals surface area contributed by atoms with Gasteiger partial charge in [0, 0.05) is 40.3 Å². The van der Waals surface area contributed by atoms with Crippen LogP contribution < -0.4 is 16.4 Å². The highest BCUT2D eigenvalue weighted by Crippen LogP contribution is 2.32. The van der Waals surface area contributed by atoms with Crippen LogP contribution >= 0.6 is 0 Å². The first-order valence-electron chi connectivity index (χ1n) is 11.0. The van der Waals surface area contributed by atoms with Crippen LogP contribution in [0.1, 0.15) is 27.2 Å². The zero-order chi connectivity index (χ0) is 23.8. The van der Waals surface area contributed by atoms with Crippen molar-refractivity contribution in [3.63, 3.8) is 0 Å². The van der Waals surface area contributed by atoms with E-state index < -0.39 is 0 Å². The van der Waals surface area contributed by atoms with Gasteiger partial charge in [-0.25, -0.2) is 0 Å². The highest BCUT2D eigenvalue weighted by Gasteiger charge is 2.16. The van der Waals surface area contributed by atoms with Crippen LogP contribution in [0.2, 0.25) is 0 Å². The van der Waals surface area contributed by atoms with Crippen LogP contribution in [0.5, 0.6) is 0 Å². The molecule has 0 aliphatic carbocycles. The number of carbonyl (C=O) groups is 1. The molecule has 0 aliphatic heterocycles. The Morgan fingerprint density at radius 3 is 2.47 bits per heavy atom. The molecule has 168 valence electrons. The zero-order valence-corrected chi connectivity index (χ0v) is 18.9. The smallest absolute Gasteiger partial charge is 0.253 e. The molecule has 0 aliphatic rings. The number of hydrogen-bond acceptors (Lipinski definition) is 3. The summed E-state index contributed by atoms with van der Waals surface area (Å²) in [6.45, 7) is 3.77. The van der Waals surface area contributed by atoms with E-state index in [-0.39, 0.29) is 23.6 Å². The molecule has 0 saturated heterocycles. The van der Waals surface area contributed by atoms with Crippen molar-refractivity contribution in [3.8, 4) is 11.1 Å².